The van der Waals surface area contributed by atoms with E-state index in [0.717, 1.165) is 29.8 Å². The summed E-state index contributed by atoms with van der Waals surface area (Å²) >= 11 is 0. The minimum absolute atomic E-state index is 0.857. The molecule has 0 amide bonds. The normalized spacial score (nSPS) is 45.3. The highest BCUT2D eigenvalue weighted by atomic mass is 15.3. The summed E-state index contributed by atoms with van der Waals surface area (Å²) in [5, 5.41) is 0. The summed E-state index contributed by atoms with van der Waals surface area (Å²) < 4.78 is 0. The lowest BCUT2D eigenvalue weighted by Crippen LogP contribution is -2.45. The molecule has 2 heteroatoms. The molecule has 5 unspecified atom stereocenters. The van der Waals surface area contributed by atoms with Gasteiger partial charge in [-0.25, -0.2) is 0 Å². The molecule has 0 aromatic heterocycles. The second-order valence-corrected chi connectivity index (χ2v) is 7.76. The number of hydrogen-bond donors (Lipinski definition) is 0. The highest BCUT2D eigenvalue weighted by molar-refractivity contribution is 4.96. The Balaban J connectivity index is 1.43. The highest BCUT2D eigenvalue weighted by Crippen LogP contribution is 2.50. The van der Waals surface area contributed by atoms with E-state index < -0.39 is 0 Å². The van der Waals surface area contributed by atoms with Gasteiger partial charge >= 0.3 is 0 Å². The van der Waals surface area contributed by atoms with E-state index in [-0.39, 0.29) is 0 Å². The summed E-state index contributed by atoms with van der Waals surface area (Å²) in [7, 11) is 0. The van der Waals surface area contributed by atoms with Gasteiger partial charge in [-0.2, -0.15) is 0 Å². The fourth-order valence-electron chi connectivity index (χ4n) is 5.76. The maximum Gasteiger partial charge on any atom is 0.0223 e. The van der Waals surface area contributed by atoms with Crippen molar-refractivity contribution in [3.05, 3.63) is 0 Å². The van der Waals surface area contributed by atoms with Crippen LogP contribution < -0.4 is 0 Å². The first-order valence-electron chi connectivity index (χ1n) is 8.79. The van der Waals surface area contributed by atoms with Crippen molar-refractivity contribution in [1.29, 1.82) is 0 Å². The third kappa shape index (κ3) is 2.25. The van der Waals surface area contributed by atoms with E-state index in [9.17, 15) is 0 Å². The molecule has 0 aromatic rings. The van der Waals surface area contributed by atoms with Gasteiger partial charge < -0.3 is 0 Å². The van der Waals surface area contributed by atoms with Gasteiger partial charge in [-0.05, 0) is 82.8 Å². The molecule has 4 aliphatic rings. The minimum atomic E-state index is 0.857. The van der Waals surface area contributed by atoms with Crippen LogP contribution in [0.2, 0.25) is 0 Å². The molecule has 2 saturated heterocycles. The first-order chi connectivity index (χ1) is 9.31. The molecule has 5 atom stereocenters. The van der Waals surface area contributed by atoms with Crippen molar-refractivity contribution in [3.8, 4) is 0 Å². The predicted molar refractivity (Wildman–Crippen MR) is 79.2 cm³/mol. The van der Waals surface area contributed by atoms with Crippen LogP contribution in [0.3, 0.4) is 0 Å². The number of hydrogen-bond acceptors (Lipinski definition) is 2. The third-order valence-corrected chi connectivity index (χ3v) is 6.82. The van der Waals surface area contributed by atoms with Crippen LogP contribution in [0.25, 0.3) is 0 Å². The van der Waals surface area contributed by atoms with Gasteiger partial charge in [-0.3, -0.25) is 9.80 Å². The van der Waals surface area contributed by atoms with Crippen LogP contribution in [0.5, 0.6) is 0 Å². The Morgan fingerprint density at radius 1 is 0.947 bits per heavy atom. The molecule has 2 aliphatic carbocycles. The van der Waals surface area contributed by atoms with E-state index in [2.05, 4.69) is 16.7 Å². The Labute approximate surface area is 118 Å². The fraction of sp³-hybridized carbons (Fsp3) is 1.00. The Morgan fingerprint density at radius 3 is 2.63 bits per heavy atom. The lowest BCUT2D eigenvalue weighted by Gasteiger charge is -2.37. The summed E-state index contributed by atoms with van der Waals surface area (Å²) in [6, 6.07) is 1.75. The third-order valence-electron chi connectivity index (χ3n) is 6.82. The molecule has 4 rings (SSSR count). The lowest BCUT2D eigenvalue weighted by atomic mass is 9.83. The molecule has 19 heavy (non-hydrogen) atoms. The van der Waals surface area contributed by atoms with Gasteiger partial charge in [0, 0.05) is 18.6 Å². The topological polar surface area (TPSA) is 6.48 Å². The van der Waals surface area contributed by atoms with Crippen molar-refractivity contribution >= 4 is 0 Å². The minimum Gasteiger partial charge on any atom is -0.299 e. The maximum absolute atomic E-state index is 2.88. The summed E-state index contributed by atoms with van der Waals surface area (Å²) in [6.45, 7) is 8.03. The number of nitrogens with zero attached hydrogens (tertiary/aromatic N) is 2. The molecule has 4 fully saturated rings. The van der Waals surface area contributed by atoms with E-state index in [1.807, 2.05) is 0 Å². The zero-order valence-corrected chi connectivity index (χ0v) is 12.6. The van der Waals surface area contributed by atoms with Crippen molar-refractivity contribution in [2.45, 2.75) is 64.0 Å². The molecule has 2 saturated carbocycles. The maximum atomic E-state index is 2.88. The van der Waals surface area contributed by atoms with E-state index in [0.29, 0.717) is 0 Å². The van der Waals surface area contributed by atoms with Crippen LogP contribution >= 0.6 is 0 Å². The van der Waals surface area contributed by atoms with Crippen LogP contribution in [0.15, 0.2) is 0 Å². The molecule has 0 spiro atoms. The monoisotopic (exact) mass is 262 g/mol. The average molecular weight is 262 g/mol. The van der Waals surface area contributed by atoms with E-state index >= 15 is 0 Å². The molecular formula is C17H30N2. The second-order valence-electron chi connectivity index (χ2n) is 7.76. The van der Waals surface area contributed by atoms with E-state index in [1.165, 1.54) is 45.4 Å². The smallest absolute Gasteiger partial charge is 0.0223 e. The van der Waals surface area contributed by atoms with Gasteiger partial charge in [0.05, 0.1) is 0 Å². The standard InChI is InChI=1S/C17H30N2/c1-13(17-11-14-5-6-15(17)10-14)19-9-3-8-18-7-2-4-16(18)12-19/h13-17H,2-12H2,1H3. The van der Waals surface area contributed by atoms with E-state index in [1.54, 1.807) is 25.7 Å². The molecular weight excluding hydrogens is 232 g/mol. The molecule has 0 N–H and O–H groups in total. The van der Waals surface area contributed by atoms with Crippen molar-refractivity contribution in [3.63, 3.8) is 0 Å². The van der Waals surface area contributed by atoms with Crippen LogP contribution in [-0.4, -0.2) is 48.1 Å². The molecule has 2 heterocycles. The summed E-state index contributed by atoms with van der Waals surface area (Å²) in [5.74, 6) is 3.22. The molecule has 0 radical (unpaired) electrons. The fourth-order valence-corrected chi connectivity index (χ4v) is 5.76. The highest BCUT2D eigenvalue weighted by Gasteiger charge is 2.43. The molecule has 108 valence electrons. The van der Waals surface area contributed by atoms with Gasteiger partial charge in [0.2, 0.25) is 0 Å². The second kappa shape index (κ2) is 5.04. The zero-order valence-electron chi connectivity index (χ0n) is 12.6. The van der Waals surface area contributed by atoms with Gasteiger partial charge in [-0.15, -0.1) is 0 Å². The van der Waals surface area contributed by atoms with Crippen molar-refractivity contribution in [2.75, 3.05) is 26.2 Å². The molecule has 2 nitrogen and oxygen atoms in total. The lowest BCUT2D eigenvalue weighted by molar-refractivity contribution is 0.110. The van der Waals surface area contributed by atoms with Crippen LogP contribution in [-0.2, 0) is 0 Å². The predicted octanol–water partition coefficient (Wildman–Crippen LogP) is 2.98. The summed E-state index contributed by atoms with van der Waals surface area (Å²) in [5.41, 5.74) is 0. The van der Waals surface area contributed by atoms with Crippen LogP contribution in [0.4, 0.5) is 0 Å². The Hall–Kier alpha value is -0.0800. The summed E-state index contributed by atoms with van der Waals surface area (Å²) in [6.07, 6.45) is 10.5. The summed E-state index contributed by atoms with van der Waals surface area (Å²) in [4.78, 5) is 5.65. The quantitative estimate of drug-likeness (QED) is 0.755. The first kappa shape index (κ1) is 12.6. The van der Waals surface area contributed by atoms with Crippen molar-refractivity contribution in [2.24, 2.45) is 17.8 Å². The van der Waals surface area contributed by atoms with Gasteiger partial charge in [0.25, 0.3) is 0 Å². The number of fused-ring (bicyclic) bond motifs is 3. The van der Waals surface area contributed by atoms with Crippen LogP contribution in [0, 0.1) is 17.8 Å². The Kier molecular flexibility index (Phi) is 3.35. The SMILES string of the molecule is CC(C1CC2CCC1C2)N1CCCN2CCCC2C1. The first-order valence-corrected chi connectivity index (χ1v) is 8.79. The van der Waals surface area contributed by atoms with Crippen molar-refractivity contribution < 1.29 is 0 Å². The van der Waals surface area contributed by atoms with Crippen LogP contribution in [0.1, 0.15) is 51.9 Å². The molecule has 0 aromatic carbocycles. The molecule has 2 aliphatic heterocycles. The van der Waals surface area contributed by atoms with Gasteiger partial charge in [-0.1, -0.05) is 6.42 Å². The Bertz CT molecular complexity index is 329. The van der Waals surface area contributed by atoms with E-state index in [4.69, 9.17) is 0 Å². The largest absolute Gasteiger partial charge is 0.299 e. The van der Waals surface area contributed by atoms with Crippen molar-refractivity contribution in [1.82, 2.24) is 9.80 Å². The average Bonchev–Trinajstić information content (AvgIpc) is 3.12. The zero-order chi connectivity index (χ0) is 12.8. The van der Waals surface area contributed by atoms with Gasteiger partial charge in [0.1, 0.15) is 0 Å². The number of rotatable bonds is 2. The molecule has 2 bridgehead atoms. The Morgan fingerprint density at radius 2 is 1.84 bits per heavy atom. The van der Waals surface area contributed by atoms with Gasteiger partial charge in [0.15, 0.2) is 0 Å².